The molecule has 4 aliphatic heterocycles. The number of urea groups is 4. The van der Waals surface area contributed by atoms with Crippen LogP contribution < -0.4 is 38.5 Å². The molecule has 0 aliphatic carbocycles. The fourth-order valence-electron chi connectivity index (χ4n) is 13.6. The van der Waals surface area contributed by atoms with Crippen molar-refractivity contribution in [1.29, 1.82) is 0 Å². The minimum absolute atomic E-state index is 0.0000681. The van der Waals surface area contributed by atoms with Crippen LogP contribution in [0.4, 0.5) is 41.9 Å². The number of amides is 8. The van der Waals surface area contributed by atoms with E-state index in [9.17, 15) is 19.2 Å². The molecule has 6 aromatic heterocycles. The minimum atomic E-state index is -0.0197. The molecule has 25 heteroatoms. The first-order valence-electron chi connectivity index (χ1n) is 35.6. The highest BCUT2D eigenvalue weighted by atomic mass is 16.5. The lowest BCUT2D eigenvalue weighted by Crippen LogP contribution is -2.34. The van der Waals surface area contributed by atoms with Crippen LogP contribution in [0, 0.1) is 6.92 Å². The van der Waals surface area contributed by atoms with E-state index in [0.29, 0.717) is 89.4 Å². The number of benzene rings is 6. The number of H-pyrrole nitrogens is 3. The number of nitrogens with zero attached hydrogens (tertiary/aromatic N) is 14. The number of nitrogens with one attached hydrogen (secondary N) is 3. The first-order chi connectivity index (χ1) is 52.8. The molecule has 4 fully saturated rings. The van der Waals surface area contributed by atoms with Crippen LogP contribution in [0.25, 0.3) is 44.5 Å². The Bertz CT molecular complexity index is 4810. The summed E-state index contributed by atoms with van der Waals surface area (Å²) in [5, 5.41) is 20.4. The Morgan fingerprint density at radius 2 is 0.778 bits per heavy atom. The molecule has 6 aromatic carbocycles. The quantitative estimate of drug-likeness (QED) is 0.0605. The number of hydrogen-bond acceptors (Lipinski definition) is 14. The monoisotopic (exact) mass is 1450 g/mol. The highest BCUT2D eigenvalue weighted by molar-refractivity contribution is 5.98. The fourth-order valence-corrected chi connectivity index (χ4v) is 13.6. The third-order valence-corrected chi connectivity index (χ3v) is 19.3. The van der Waals surface area contributed by atoms with Crippen molar-refractivity contribution < 1.29 is 38.1 Å². The van der Waals surface area contributed by atoms with Gasteiger partial charge in [0.25, 0.3) is 0 Å². The number of hydrogen-bond donors (Lipinski definition) is 3. The SMILES string of the molecule is COc1cc(N2CCN(CC(C)c3ccccc3)C2=O)ccc1-c1cn[nH]c1.COc1cc(N2CCN(Cc3cccc(C)c3)C2=O)ccc1-c1ccncc1.COc1cc(N2CCN(Cc3ccccn3)C2=O)ccc1-c1cn[nH]c1.COc1cc(N2CCN(Cc3ccncc3)C2=O)ccc1-c1cn[nH]c1. The van der Waals surface area contributed by atoms with Crippen molar-refractivity contribution in [3.63, 3.8) is 0 Å². The van der Waals surface area contributed by atoms with Crippen LogP contribution in [0.15, 0.2) is 238 Å². The molecule has 0 bridgehead atoms. The van der Waals surface area contributed by atoms with Crippen LogP contribution in [0.5, 0.6) is 23.0 Å². The number of pyridine rings is 3. The predicted octanol–water partition coefficient (Wildman–Crippen LogP) is 14.5. The van der Waals surface area contributed by atoms with Crippen molar-refractivity contribution in [2.75, 3.05) is 107 Å². The van der Waals surface area contributed by atoms with Gasteiger partial charge in [0.2, 0.25) is 0 Å². The molecule has 0 radical (unpaired) electrons. The number of aromatic amines is 3. The Hall–Kier alpha value is -13.3. The smallest absolute Gasteiger partial charge is 0.324 e. The van der Waals surface area contributed by atoms with Crippen LogP contribution in [-0.2, 0) is 19.6 Å². The highest BCUT2D eigenvalue weighted by Gasteiger charge is 2.35. The third-order valence-electron chi connectivity index (χ3n) is 19.3. The van der Waals surface area contributed by atoms with Crippen LogP contribution in [-0.4, -0.2) is 177 Å². The molecule has 4 aliphatic rings. The molecule has 108 heavy (non-hydrogen) atoms. The second-order valence-corrected chi connectivity index (χ2v) is 26.2. The summed E-state index contributed by atoms with van der Waals surface area (Å²) in [5.74, 6) is 3.18. The van der Waals surface area contributed by atoms with Gasteiger partial charge in [0.15, 0.2) is 0 Å². The topological polar surface area (TPSA) is 256 Å². The molecule has 3 N–H and O–H groups in total. The van der Waals surface area contributed by atoms with Gasteiger partial charge in [-0.05, 0) is 120 Å². The number of ether oxygens (including phenoxy) is 4. The molecule has 12 aromatic rings. The highest BCUT2D eigenvalue weighted by Crippen LogP contribution is 2.39. The molecule has 0 saturated carbocycles. The van der Waals surface area contributed by atoms with Crippen molar-refractivity contribution in [2.45, 2.75) is 39.4 Å². The molecule has 1 unspecified atom stereocenters. The van der Waals surface area contributed by atoms with Crippen molar-refractivity contribution in [3.8, 4) is 67.5 Å². The van der Waals surface area contributed by atoms with Gasteiger partial charge in [-0.2, -0.15) is 15.3 Å². The van der Waals surface area contributed by atoms with Crippen LogP contribution in [0.2, 0.25) is 0 Å². The van der Waals surface area contributed by atoms with E-state index in [-0.39, 0.29) is 24.1 Å². The van der Waals surface area contributed by atoms with E-state index < -0.39 is 0 Å². The van der Waals surface area contributed by atoms with E-state index in [4.69, 9.17) is 18.9 Å². The number of carbonyl (C=O) groups excluding carboxylic acids is 4. The van der Waals surface area contributed by atoms with Crippen molar-refractivity contribution in [1.82, 2.24) is 65.1 Å². The zero-order valence-corrected chi connectivity index (χ0v) is 61.1. The Morgan fingerprint density at radius 3 is 1.19 bits per heavy atom. The normalized spacial score (nSPS) is 14.3. The van der Waals surface area contributed by atoms with Crippen LogP contribution in [0.3, 0.4) is 0 Å². The maximum atomic E-state index is 13.0. The molecule has 550 valence electrons. The standard InChI is InChI=1S/C23H23N3O2.C22H24N4O2.2C19H19N5O2/c1-17-4-3-5-18(14-17)16-25-12-13-26(23(25)27)20-6-7-21(22(15-20)28-2)19-8-10-24-11-9-19;1-16(17-6-4-3-5-7-17)15-25-10-11-26(22(25)27)19-8-9-20(21(12-19)28-2)18-13-23-24-14-18;1-26-18-10-16(2-3-17(18)15-11-21-22-12-15)24-9-8-23(19(24)25)13-14-4-6-20-7-5-14;1-26-18-10-16(5-6-17(18)14-11-21-22-12-14)24-9-8-23(19(24)25)13-15-4-2-3-7-20-15/h3-11,14-15H,12-13,16H2,1-2H3;3-9,12-14,16H,10-11,15H2,1-2H3,(H,23,24);2*2-7,10-12H,8-9,13H2,1H3,(H,21,22). The van der Waals surface area contributed by atoms with Gasteiger partial charge in [-0.3, -0.25) is 49.8 Å². The van der Waals surface area contributed by atoms with Gasteiger partial charge in [0, 0.05) is 208 Å². The van der Waals surface area contributed by atoms with Gasteiger partial charge < -0.3 is 38.5 Å². The summed E-state index contributed by atoms with van der Waals surface area (Å²) >= 11 is 0. The molecule has 8 amide bonds. The largest absolute Gasteiger partial charge is 0.496 e. The number of methoxy groups -OCH3 is 4. The third kappa shape index (κ3) is 17.1. The van der Waals surface area contributed by atoms with Gasteiger partial charge in [0.05, 0.1) is 59.3 Å². The Morgan fingerprint density at radius 1 is 0.380 bits per heavy atom. The molecule has 1 atom stereocenters. The van der Waals surface area contributed by atoms with Gasteiger partial charge in [-0.25, -0.2) is 19.2 Å². The maximum Gasteiger partial charge on any atom is 0.324 e. The summed E-state index contributed by atoms with van der Waals surface area (Å²) in [7, 11) is 6.55. The van der Waals surface area contributed by atoms with Crippen LogP contribution in [0.1, 0.15) is 40.8 Å². The molecule has 10 heterocycles. The first kappa shape index (κ1) is 73.0. The Labute approximate surface area is 626 Å². The van der Waals surface area contributed by atoms with E-state index in [1.807, 2.05) is 183 Å². The number of anilines is 4. The first-order valence-corrected chi connectivity index (χ1v) is 35.6. The lowest BCUT2D eigenvalue weighted by Gasteiger charge is -2.22. The predicted molar refractivity (Wildman–Crippen MR) is 416 cm³/mol. The summed E-state index contributed by atoms with van der Waals surface area (Å²) in [5.41, 5.74) is 16.6. The molecular formula is C83H85N17O8. The van der Waals surface area contributed by atoms with Crippen molar-refractivity contribution in [3.05, 3.63) is 266 Å². The Balaban J connectivity index is 0.000000127. The molecule has 0 spiro atoms. The van der Waals surface area contributed by atoms with E-state index in [1.54, 1.807) is 92.7 Å². The molecule has 16 rings (SSSR count). The summed E-state index contributed by atoms with van der Waals surface area (Å²) in [6.45, 7) is 12.1. The zero-order valence-electron chi connectivity index (χ0n) is 61.1. The van der Waals surface area contributed by atoms with E-state index in [2.05, 4.69) is 89.7 Å². The van der Waals surface area contributed by atoms with Crippen molar-refractivity contribution >= 4 is 46.9 Å². The fraction of sp³-hybridized carbons (Fsp3) is 0.229. The van der Waals surface area contributed by atoms with Crippen molar-refractivity contribution in [2.24, 2.45) is 0 Å². The molecule has 4 saturated heterocycles. The van der Waals surface area contributed by atoms with E-state index in [0.717, 1.165) is 102 Å². The summed E-state index contributed by atoms with van der Waals surface area (Å²) in [6, 6.07) is 55.5. The molecular weight excluding hydrogens is 1360 g/mol. The second kappa shape index (κ2) is 34.5. The maximum absolute atomic E-state index is 13.0. The lowest BCUT2D eigenvalue weighted by atomic mass is 10.0. The number of carbonyl (C=O) groups is 4. The van der Waals surface area contributed by atoms with E-state index >= 15 is 0 Å². The molecule has 25 nitrogen and oxygen atoms in total. The van der Waals surface area contributed by atoms with Crippen LogP contribution >= 0.6 is 0 Å². The van der Waals surface area contributed by atoms with E-state index in [1.165, 1.54) is 11.1 Å². The lowest BCUT2D eigenvalue weighted by molar-refractivity contribution is 0.217. The average molecular weight is 1450 g/mol. The number of aromatic nitrogens is 9. The van der Waals surface area contributed by atoms with Gasteiger partial charge in [-0.1, -0.05) is 73.2 Å². The summed E-state index contributed by atoms with van der Waals surface area (Å²) < 4.78 is 22.2. The van der Waals surface area contributed by atoms with Gasteiger partial charge >= 0.3 is 24.1 Å². The summed E-state index contributed by atoms with van der Waals surface area (Å²) in [4.78, 5) is 78.5. The minimum Gasteiger partial charge on any atom is -0.496 e. The number of rotatable bonds is 21. The van der Waals surface area contributed by atoms with Gasteiger partial charge in [-0.15, -0.1) is 0 Å². The zero-order chi connectivity index (χ0) is 74.9. The van der Waals surface area contributed by atoms with Gasteiger partial charge in [0.1, 0.15) is 23.0 Å². The second-order valence-electron chi connectivity index (χ2n) is 26.2. The Kier molecular flexibility index (Phi) is 23.3. The number of aryl methyl sites for hydroxylation is 1. The summed E-state index contributed by atoms with van der Waals surface area (Å²) in [6.07, 6.45) is 19.4. The average Bonchev–Trinajstić information content (AvgIpc) is 1.61.